The van der Waals surface area contributed by atoms with E-state index in [0.717, 1.165) is 19.3 Å². The Kier molecular flexibility index (Phi) is 1.70. The van der Waals surface area contributed by atoms with E-state index < -0.39 is 5.85 Å². The molecule has 0 N–H and O–H groups in total. The van der Waals surface area contributed by atoms with Crippen molar-refractivity contribution in [1.29, 1.82) is 0 Å². The SMILES string of the molecule is CC1=N[C@]2(C)CCC[C@@H]2[C@](C)(F)O1. The molecule has 2 rings (SSSR count). The predicted octanol–water partition coefficient (Wildman–Crippen LogP) is 2.68. The highest BCUT2D eigenvalue weighted by molar-refractivity contribution is 5.75. The number of alkyl halides is 1. The summed E-state index contributed by atoms with van der Waals surface area (Å²) >= 11 is 0. The summed E-state index contributed by atoms with van der Waals surface area (Å²) in [5, 5.41) is 0. The Labute approximate surface area is 78.2 Å². The Hall–Kier alpha value is -0.600. The molecule has 2 aliphatic rings. The topological polar surface area (TPSA) is 21.6 Å². The summed E-state index contributed by atoms with van der Waals surface area (Å²) in [5.74, 6) is -1.09. The van der Waals surface area contributed by atoms with Crippen molar-refractivity contribution in [2.45, 2.75) is 51.4 Å². The van der Waals surface area contributed by atoms with E-state index in [1.807, 2.05) is 6.92 Å². The molecule has 13 heavy (non-hydrogen) atoms. The van der Waals surface area contributed by atoms with E-state index in [-0.39, 0.29) is 11.5 Å². The molecule has 0 amide bonds. The normalized spacial score (nSPS) is 49.5. The van der Waals surface area contributed by atoms with Crippen LogP contribution in [0.1, 0.15) is 40.0 Å². The molecular weight excluding hydrogens is 169 g/mol. The monoisotopic (exact) mass is 185 g/mol. The van der Waals surface area contributed by atoms with Crippen LogP contribution in [0.4, 0.5) is 4.39 Å². The van der Waals surface area contributed by atoms with Crippen LogP contribution in [0.5, 0.6) is 0 Å². The number of hydrogen-bond acceptors (Lipinski definition) is 2. The first kappa shape index (κ1) is 8.97. The maximum absolute atomic E-state index is 14.0. The third-order valence-corrected chi connectivity index (χ3v) is 3.31. The standard InChI is InChI=1S/C10H16FNO/c1-7-12-9(2)6-4-5-8(9)10(3,11)13-7/h8H,4-6H2,1-3H3/t8-,9+,10+/m0/s1. The van der Waals surface area contributed by atoms with E-state index in [4.69, 9.17) is 4.74 Å². The van der Waals surface area contributed by atoms with Gasteiger partial charge in [-0.05, 0) is 19.8 Å². The van der Waals surface area contributed by atoms with Crippen LogP contribution in [0.3, 0.4) is 0 Å². The molecule has 0 aromatic carbocycles. The summed E-state index contributed by atoms with van der Waals surface area (Å²) in [5.41, 5.74) is -0.216. The third kappa shape index (κ3) is 1.25. The minimum absolute atomic E-state index is 0.0660. The van der Waals surface area contributed by atoms with Crippen LogP contribution in [0, 0.1) is 5.92 Å². The zero-order valence-corrected chi connectivity index (χ0v) is 8.43. The second-order valence-corrected chi connectivity index (χ2v) is 4.52. The number of rotatable bonds is 0. The molecule has 3 atom stereocenters. The van der Waals surface area contributed by atoms with Gasteiger partial charge in [0.15, 0.2) is 5.90 Å². The molecule has 0 bridgehead atoms. The Morgan fingerprint density at radius 3 is 2.92 bits per heavy atom. The van der Waals surface area contributed by atoms with Crippen LogP contribution in [-0.4, -0.2) is 17.3 Å². The molecule has 74 valence electrons. The van der Waals surface area contributed by atoms with Gasteiger partial charge in [0, 0.05) is 13.8 Å². The summed E-state index contributed by atoms with van der Waals surface area (Å²) in [7, 11) is 0. The number of nitrogens with zero attached hydrogens (tertiary/aromatic N) is 1. The van der Waals surface area contributed by atoms with E-state index >= 15 is 0 Å². The van der Waals surface area contributed by atoms with Crippen molar-refractivity contribution >= 4 is 5.90 Å². The highest BCUT2D eigenvalue weighted by Crippen LogP contribution is 2.49. The van der Waals surface area contributed by atoms with Crippen molar-refractivity contribution in [3.8, 4) is 0 Å². The summed E-state index contributed by atoms with van der Waals surface area (Å²) in [6.07, 6.45) is 2.93. The van der Waals surface area contributed by atoms with E-state index in [2.05, 4.69) is 4.99 Å². The molecule has 1 aliphatic heterocycles. The van der Waals surface area contributed by atoms with E-state index in [0.29, 0.717) is 5.90 Å². The van der Waals surface area contributed by atoms with Gasteiger partial charge in [0.05, 0.1) is 11.5 Å². The molecule has 1 aliphatic carbocycles. The second kappa shape index (κ2) is 2.46. The fourth-order valence-electron chi connectivity index (χ4n) is 2.84. The molecule has 2 nitrogen and oxygen atoms in total. The first-order valence-corrected chi connectivity index (χ1v) is 4.88. The fourth-order valence-corrected chi connectivity index (χ4v) is 2.84. The summed E-state index contributed by atoms with van der Waals surface area (Å²) in [6, 6.07) is 0. The minimum atomic E-state index is -1.52. The van der Waals surface area contributed by atoms with Gasteiger partial charge >= 0.3 is 0 Å². The van der Waals surface area contributed by atoms with Crippen LogP contribution in [0.25, 0.3) is 0 Å². The largest absolute Gasteiger partial charge is 0.445 e. The Morgan fingerprint density at radius 2 is 2.23 bits per heavy atom. The Morgan fingerprint density at radius 1 is 1.54 bits per heavy atom. The van der Waals surface area contributed by atoms with Crippen LogP contribution in [0.2, 0.25) is 0 Å². The Bertz CT molecular complexity index is 262. The van der Waals surface area contributed by atoms with Gasteiger partial charge in [-0.2, -0.15) is 4.39 Å². The molecule has 0 aromatic heterocycles. The Balaban J connectivity index is 2.39. The smallest absolute Gasteiger partial charge is 0.252 e. The lowest BCUT2D eigenvalue weighted by atomic mass is 9.83. The van der Waals surface area contributed by atoms with E-state index in [9.17, 15) is 4.39 Å². The number of fused-ring (bicyclic) bond motifs is 1. The van der Waals surface area contributed by atoms with Crippen molar-refractivity contribution < 1.29 is 9.13 Å². The van der Waals surface area contributed by atoms with Crippen molar-refractivity contribution in [2.24, 2.45) is 10.9 Å². The van der Waals surface area contributed by atoms with Crippen LogP contribution in [-0.2, 0) is 4.74 Å². The lowest BCUT2D eigenvalue weighted by Crippen LogP contribution is -2.48. The van der Waals surface area contributed by atoms with Crippen molar-refractivity contribution in [3.63, 3.8) is 0 Å². The van der Waals surface area contributed by atoms with Crippen molar-refractivity contribution in [1.82, 2.24) is 0 Å². The molecule has 3 heteroatoms. The molecule has 0 radical (unpaired) electrons. The maximum Gasteiger partial charge on any atom is 0.252 e. The molecule has 1 heterocycles. The summed E-state index contributed by atoms with van der Waals surface area (Å²) < 4.78 is 19.2. The van der Waals surface area contributed by atoms with E-state index in [1.165, 1.54) is 6.92 Å². The van der Waals surface area contributed by atoms with Gasteiger partial charge in [-0.25, -0.2) is 4.99 Å². The highest BCUT2D eigenvalue weighted by Gasteiger charge is 2.54. The molecular formula is C10H16FNO. The molecule has 1 fully saturated rings. The van der Waals surface area contributed by atoms with Crippen molar-refractivity contribution in [2.75, 3.05) is 0 Å². The number of ether oxygens (including phenoxy) is 1. The lowest BCUT2D eigenvalue weighted by Gasteiger charge is -2.40. The first-order valence-electron chi connectivity index (χ1n) is 4.88. The van der Waals surface area contributed by atoms with E-state index in [1.54, 1.807) is 6.92 Å². The third-order valence-electron chi connectivity index (χ3n) is 3.31. The van der Waals surface area contributed by atoms with Gasteiger partial charge in [-0.3, -0.25) is 0 Å². The van der Waals surface area contributed by atoms with Gasteiger partial charge < -0.3 is 4.74 Å². The molecule has 1 saturated carbocycles. The zero-order valence-electron chi connectivity index (χ0n) is 8.43. The number of halogens is 1. The van der Waals surface area contributed by atoms with Crippen LogP contribution < -0.4 is 0 Å². The van der Waals surface area contributed by atoms with Gasteiger partial charge in [-0.1, -0.05) is 6.42 Å². The average molecular weight is 185 g/mol. The minimum Gasteiger partial charge on any atom is -0.445 e. The second-order valence-electron chi connectivity index (χ2n) is 4.52. The first-order chi connectivity index (χ1) is 5.94. The van der Waals surface area contributed by atoms with Gasteiger partial charge in [0.25, 0.3) is 5.85 Å². The molecule has 0 spiro atoms. The van der Waals surface area contributed by atoms with Crippen LogP contribution >= 0.6 is 0 Å². The lowest BCUT2D eigenvalue weighted by molar-refractivity contribution is -0.131. The summed E-state index contributed by atoms with van der Waals surface area (Å²) in [4.78, 5) is 4.43. The number of hydrogen-bond donors (Lipinski definition) is 0. The maximum atomic E-state index is 14.0. The molecule has 0 saturated heterocycles. The van der Waals surface area contributed by atoms with Crippen LogP contribution in [0.15, 0.2) is 4.99 Å². The average Bonchev–Trinajstić information content (AvgIpc) is 2.27. The summed E-state index contributed by atoms with van der Waals surface area (Å²) in [6.45, 7) is 5.30. The quantitative estimate of drug-likeness (QED) is 0.568. The molecule has 0 unspecified atom stereocenters. The fraction of sp³-hybridized carbons (Fsp3) is 0.900. The van der Waals surface area contributed by atoms with Gasteiger partial charge in [-0.15, -0.1) is 0 Å². The number of aliphatic imine (C=N–C) groups is 1. The zero-order chi connectivity index (χ0) is 9.69. The van der Waals surface area contributed by atoms with Crippen molar-refractivity contribution in [3.05, 3.63) is 0 Å². The van der Waals surface area contributed by atoms with Gasteiger partial charge in [0.1, 0.15) is 0 Å². The van der Waals surface area contributed by atoms with Gasteiger partial charge in [0.2, 0.25) is 0 Å². The molecule has 0 aromatic rings. The highest BCUT2D eigenvalue weighted by atomic mass is 19.2. The predicted molar refractivity (Wildman–Crippen MR) is 49.5 cm³/mol.